The van der Waals surface area contributed by atoms with Crippen LogP contribution in [0.5, 0.6) is 0 Å². The van der Waals surface area contributed by atoms with E-state index in [0.717, 1.165) is 42.1 Å². The normalized spacial score (nSPS) is 15.3. The van der Waals surface area contributed by atoms with Crippen LogP contribution in [-0.2, 0) is 9.84 Å². The number of amides is 1. The number of alkyl halides is 1. The summed E-state index contributed by atoms with van der Waals surface area (Å²) in [5.41, 5.74) is 1.82. The highest BCUT2D eigenvalue weighted by molar-refractivity contribution is 14.1. The van der Waals surface area contributed by atoms with Crippen LogP contribution in [0.4, 0.5) is 0 Å². The predicted molar refractivity (Wildman–Crippen MR) is 132 cm³/mol. The summed E-state index contributed by atoms with van der Waals surface area (Å²) in [5, 5.41) is 7.08. The molecule has 7 nitrogen and oxygen atoms in total. The summed E-state index contributed by atoms with van der Waals surface area (Å²) < 4.78 is 1.74. The molecule has 0 saturated heterocycles. The molecule has 0 unspecified atom stereocenters. The molecule has 166 valence electrons. The number of benzene rings is 2. The lowest BCUT2D eigenvalue weighted by atomic mass is 9.69. The molecule has 1 fully saturated rings. The maximum Gasteiger partial charge on any atom is 0.349 e. The first-order valence-corrected chi connectivity index (χ1v) is 12.3. The van der Waals surface area contributed by atoms with Gasteiger partial charge in [0.15, 0.2) is 0 Å². The standard InChI is InChI=1S/C24H25IN4O3/c25-14-17-9-10-19(29-23(32)28-21(30)15-27-29)13-20(17)22(31)26-16-24(11-5-2-6-12-24)18-7-3-1-4-8-18/h1,3-4,7-10,13,15H,2,5-6,11-12,14,16H2,(H,26,31)(H,28,30,32). The fourth-order valence-corrected chi connectivity index (χ4v) is 5.16. The number of hydrogen-bond donors (Lipinski definition) is 2. The molecule has 2 N–H and O–H groups in total. The average molecular weight is 544 g/mol. The van der Waals surface area contributed by atoms with Gasteiger partial charge in [-0.15, -0.1) is 0 Å². The molecule has 0 atom stereocenters. The summed E-state index contributed by atoms with van der Waals surface area (Å²) in [6.07, 6.45) is 6.67. The summed E-state index contributed by atoms with van der Waals surface area (Å²) >= 11 is 2.22. The maximum atomic E-state index is 13.3. The van der Waals surface area contributed by atoms with Crippen molar-refractivity contribution >= 4 is 28.5 Å². The number of nitrogens with one attached hydrogen (secondary N) is 2. The maximum absolute atomic E-state index is 13.3. The Morgan fingerprint density at radius 1 is 1.09 bits per heavy atom. The van der Waals surface area contributed by atoms with Crippen LogP contribution in [0, 0.1) is 0 Å². The zero-order valence-corrected chi connectivity index (χ0v) is 19.8. The van der Waals surface area contributed by atoms with Gasteiger partial charge in [-0.25, -0.2) is 4.79 Å². The van der Waals surface area contributed by atoms with E-state index in [4.69, 9.17) is 0 Å². The van der Waals surface area contributed by atoms with Gasteiger partial charge in [0.1, 0.15) is 6.20 Å². The van der Waals surface area contributed by atoms with Gasteiger partial charge in [-0.05, 0) is 36.1 Å². The Kier molecular flexibility index (Phi) is 6.88. The molecule has 1 amide bonds. The van der Waals surface area contributed by atoms with E-state index in [2.05, 4.69) is 62.3 Å². The summed E-state index contributed by atoms with van der Waals surface area (Å²) in [6, 6.07) is 15.6. The Morgan fingerprint density at radius 2 is 1.84 bits per heavy atom. The Balaban J connectivity index is 1.62. The number of halogens is 1. The number of H-pyrrole nitrogens is 1. The molecule has 3 aromatic rings. The minimum atomic E-state index is -0.642. The first-order valence-electron chi connectivity index (χ1n) is 10.7. The molecule has 0 radical (unpaired) electrons. The number of rotatable bonds is 6. The van der Waals surface area contributed by atoms with Gasteiger partial charge < -0.3 is 5.32 Å². The van der Waals surface area contributed by atoms with E-state index in [9.17, 15) is 14.4 Å². The lowest BCUT2D eigenvalue weighted by Gasteiger charge is -2.38. The Labute approximate surface area is 199 Å². The SMILES string of the molecule is O=C(NCC1(c2ccccc2)CCCCC1)c1cc(-n2ncc(=O)[nH]c2=O)ccc1CI. The molecule has 4 rings (SSSR count). The highest BCUT2D eigenvalue weighted by Crippen LogP contribution is 2.39. The molecule has 1 aliphatic carbocycles. The minimum absolute atomic E-state index is 0.0608. The third-order valence-corrected chi connectivity index (χ3v) is 7.05. The van der Waals surface area contributed by atoms with E-state index < -0.39 is 11.2 Å². The molecule has 0 aliphatic heterocycles. The molecule has 1 saturated carbocycles. The van der Waals surface area contributed by atoms with Gasteiger partial charge in [0.2, 0.25) is 0 Å². The van der Waals surface area contributed by atoms with Gasteiger partial charge in [-0.2, -0.15) is 9.78 Å². The second-order valence-electron chi connectivity index (χ2n) is 8.22. The monoisotopic (exact) mass is 544 g/mol. The first kappa shape index (κ1) is 22.4. The van der Waals surface area contributed by atoms with Gasteiger partial charge in [-0.3, -0.25) is 14.6 Å². The van der Waals surface area contributed by atoms with Gasteiger partial charge in [0.05, 0.1) is 5.69 Å². The largest absolute Gasteiger partial charge is 0.351 e. The van der Waals surface area contributed by atoms with Crippen LogP contribution in [0.15, 0.2) is 64.3 Å². The predicted octanol–water partition coefficient (Wildman–Crippen LogP) is 3.49. The lowest BCUT2D eigenvalue weighted by Crippen LogP contribution is -2.42. The fourth-order valence-electron chi connectivity index (χ4n) is 4.49. The third kappa shape index (κ3) is 4.69. The minimum Gasteiger partial charge on any atom is -0.351 e. The molecule has 1 aromatic heterocycles. The van der Waals surface area contributed by atoms with Crippen molar-refractivity contribution in [1.29, 1.82) is 0 Å². The van der Waals surface area contributed by atoms with Crippen LogP contribution in [0.1, 0.15) is 53.6 Å². The Morgan fingerprint density at radius 3 is 2.53 bits per heavy atom. The highest BCUT2D eigenvalue weighted by Gasteiger charge is 2.34. The van der Waals surface area contributed by atoms with E-state index >= 15 is 0 Å². The van der Waals surface area contributed by atoms with E-state index in [0.29, 0.717) is 22.2 Å². The van der Waals surface area contributed by atoms with Gasteiger partial charge in [0.25, 0.3) is 11.5 Å². The molecule has 2 aromatic carbocycles. The van der Waals surface area contributed by atoms with Crippen LogP contribution in [0.25, 0.3) is 5.69 Å². The van der Waals surface area contributed by atoms with Crippen molar-refractivity contribution in [3.8, 4) is 5.69 Å². The summed E-state index contributed by atoms with van der Waals surface area (Å²) in [4.78, 5) is 39.0. The third-order valence-electron chi connectivity index (χ3n) is 6.22. The molecule has 1 heterocycles. The van der Waals surface area contributed by atoms with Crippen LogP contribution < -0.4 is 16.6 Å². The van der Waals surface area contributed by atoms with Crippen molar-refractivity contribution in [3.63, 3.8) is 0 Å². The number of carbonyl (C=O) groups is 1. The van der Waals surface area contributed by atoms with Crippen LogP contribution in [-0.4, -0.2) is 27.2 Å². The van der Waals surface area contributed by atoms with Crippen molar-refractivity contribution in [3.05, 3.63) is 92.3 Å². The van der Waals surface area contributed by atoms with E-state index in [1.807, 2.05) is 12.1 Å². The number of aromatic amines is 1. The molecule has 8 heteroatoms. The molecule has 32 heavy (non-hydrogen) atoms. The van der Waals surface area contributed by atoms with Crippen molar-refractivity contribution in [2.24, 2.45) is 0 Å². The smallest absolute Gasteiger partial charge is 0.349 e. The summed E-state index contributed by atoms with van der Waals surface area (Å²) in [7, 11) is 0. The lowest BCUT2D eigenvalue weighted by molar-refractivity contribution is 0.0936. The Bertz CT molecular complexity index is 1210. The quantitative estimate of drug-likeness (QED) is 0.367. The van der Waals surface area contributed by atoms with Crippen LogP contribution in [0.2, 0.25) is 0 Å². The average Bonchev–Trinajstić information content (AvgIpc) is 2.83. The van der Waals surface area contributed by atoms with Gasteiger partial charge in [-0.1, -0.05) is 78.3 Å². The van der Waals surface area contributed by atoms with E-state index in [1.54, 1.807) is 12.1 Å². The summed E-state index contributed by atoms with van der Waals surface area (Å²) in [6.45, 7) is 0.567. The van der Waals surface area contributed by atoms with Crippen molar-refractivity contribution in [2.75, 3.05) is 6.54 Å². The topological polar surface area (TPSA) is 96.8 Å². The van der Waals surface area contributed by atoms with Crippen molar-refractivity contribution in [1.82, 2.24) is 20.1 Å². The fraction of sp³-hybridized carbons (Fsp3) is 0.333. The van der Waals surface area contributed by atoms with Gasteiger partial charge in [0, 0.05) is 22.0 Å². The molecule has 1 aliphatic rings. The van der Waals surface area contributed by atoms with Crippen molar-refractivity contribution in [2.45, 2.75) is 41.9 Å². The van der Waals surface area contributed by atoms with E-state index in [-0.39, 0.29) is 11.3 Å². The molecular weight excluding hydrogens is 519 g/mol. The van der Waals surface area contributed by atoms with Gasteiger partial charge >= 0.3 is 5.69 Å². The van der Waals surface area contributed by atoms with E-state index in [1.165, 1.54) is 12.0 Å². The van der Waals surface area contributed by atoms with Crippen LogP contribution >= 0.6 is 22.6 Å². The second-order valence-corrected chi connectivity index (χ2v) is 8.98. The number of nitrogens with zero attached hydrogens (tertiary/aromatic N) is 2. The molecule has 0 bridgehead atoms. The Hall–Kier alpha value is -2.75. The zero-order chi connectivity index (χ0) is 22.6. The van der Waals surface area contributed by atoms with Crippen LogP contribution in [0.3, 0.4) is 0 Å². The number of aromatic nitrogens is 3. The number of carbonyl (C=O) groups excluding carboxylic acids is 1. The highest BCUT2D eigenvalue weighted by atomic mass is 127. The molecular formula is C24H25IN4O3. The molecule has 0 spiro atoms. The number of hydrogen-bond acceptors (Lipinski definition) is 4. The first-order chi connectivity index (χ1) is 15.5. The zero-order valence-electron chi connectivity index (χ0n) is 17.6. The van der Waals surface area contributed by atoms with Crippen molar-refractivity contribution < 1.29 is 4.79 Å². The summed E-state index contributed by atoms with van der Waals surface area (Å²) in [5.74, 6) is -0.170. The second kappa shape index (κ2) is 9.81.